The van der Waals surface area contributed by atoms with Crippen molar-refractivity contribution in [2.75, 3.05) is 0 Å². The number of non-ortho nitro benzene ring substituents is 1. The standard InChI is InChI=1S/C26H39N3O7/c1-16(2)12-21(24(31)35-20-8-6-7-9-20)27-23(30)22-14-17-10-11-19(29(33)34)13-18(17)15-28(22)25(32)36-26(3,4)5/h10-11,13,16,20-23,27,30H,6-9,12,14-15H2,1-5H3/t21-,22-,23?/m0/s1. The van der Waals surface area contributed by atoms with Crippen molar-refractivity contribution in [1.29, 1.82) is 0 Å². The highest BCUT2D eigenvalue weighted by Crippen LogP contribution is 2.30. The monoisotopic (exact) mass is 505 g/mol. The van der Waals surface area contributed by atoms with Crippen molar-refractivity contribution in [3.63, 3.8) is 0 Å². The first kappa shape index (κ1) is 27.9. The molecule has 0 aromatic heterocycles. The largest absolute Gasteiger partial charge is 0.461 e. The topological polar surface area (TPSA) is 131 Å². The summed E-state index contributed by atoms with van der Waals surface area (Å²) in [7, 11) is 0. The third kappa shape index (κ3) is 7.39. The minimum atomic E-state index is -1.25. The molecule has 0 radical (unpaired) electrons. The van der Waals surface area contributed by atoms with Gasteiger partial charge in [-0.2, -0.15) is 0 Å². The smallest absolute Gasteiger partial charge is 0.410 e. The number of fused-ring (bicyclic) bond motifs is 1. The molecule has 200 valence electrons. The SMILES string of the molecule is CC(C)C[C@H](NC(O)[C@@H]1Cc2ccc([N+](=O)[O-])cc2CN1C(=O)OC(C)(C)C)C(=O)OC1CCCC1. The zero-order chi connectivity index (χ0) is 26.6. The molecule has 1 unspecified atom stereocenters. The van der Waals surface area contributed by atoms with E-state index in [4.69, 9.17) is 9.47 Å². The van der Waals surface area contributed by atoms with Crippen LogP contribution in [0, 0.1) is 16.0 Å². The molecule has 10 nitrogen and oxygen atoms in total. The van der Waals surface area contributed by atoms with Crippen molar-refractivity contribution in [3.8, 4) is 0 Å². The number of carbonyl (C=O) groups excluding carboxylic acids is 2. The van der Waals surface area contributed by atoms with Crippen molar-refractivity contribution >= 4 is 17.7 Å². The fraction of sp³-hybridized carbons (Fsp3) is 0.692. The first-order chi connectivity index (χ1) is 16.8. The van der Waals surface area contributed by atoms with Crippen LogP contribution in [-0.4, -0.2) is 57.0 Å². The highest BCUT2D eigenvalue weighted by Gasteiger charge is 2.39. The van der Waals surface area contributed by atoms with Gasteiger partial charge in [0.05, 0.1) is 17.5 Å². The molecular weight excluding hydrogens is 466 g/mol. The lowest BCUT2D eigenvalue weighted by atomic mass is 9.92. The van der Waals surface area contributed by atoms with Gasteiger partial charge in [-0.25, -0.2) is 4.79 Å². The minimum Gasteiger partial charge on any atom is -0.461 e. The van der Waals surface area contributed by atoms with Crippen LogP contribution in [0.2, 0.25) is 0 Å². The predicted molar refractivity (Wildman–Crippen MR) is 133 cm³/mol. The van der Waals surface area contributed by atoms with E-state index in [9.17, 15) is 24.8 Å². The van der Waals surface area contributed by atoms with E-state index in [1.165, 1.54) is 17.0 Å². The summed E-state index contributed by atoms with van der Waals surface area (Å²) in [6.07, 6.45) is 2.49. The molecule has 2 aliphatic rings. The second-order valence-corrected chi connectivity index (χ2v) is 11.2. The molecule has 0 saturated heterocycles. The van der Waals surface area contributed by atoms with E-state index in [0.29, 0.717) is 12.0 Å². The zero-order valence-corrected chi connectivity index (χ0v) is 21.9. The van der Waals surface area contributed by atoms with Crippen LogP contribution in [0.25, 0.3) is 0 Å². The van der Waals surface area contributed by atoms with Gasteiger partial charge < -0.3 is 14.6 Å². The predicted octanol–water partition coefficient (Wildman–Crippen LogP) is 4.07. The number of amides is 1. The Balaban J connectivity index is 1.84. The molecule has 1 heterocycles. The first-order valence-corrected chi connectivity index (χ1v) is 12.7. The number of hydrogen-bond acceptors (Lipinski definition) is 8. The van der Waals surface area contributed by atoms with E-state index < -0.39 is 40.9 Å². The van der Waals surface area contributed by atoms with Gasteiger partial charge >= 0.3 is 12.1 Å². The van der Waals surface area contributed by atoms with Crippen molar-refractivity contribution in [1.82, 2.24) is 10.2 Å². The van der Waals surface area contributed by atoms with Gasteiger partial charge in [-0.05, 0) is 76.3 Å². The number of esters is 1. The number of carbonyl (C=O) groups is 2. The number of hydrogen-bond donors (Lipinski definition) is 2. The lowest BCUT2D eigenvalue weighted by molar-refractivity contribution is -0.385. The molecule has 1 aromatic rings. The van der Waals surface area contributed by atoms with Crippen LogP contribution in [0.3, 0.4) is 0 Å². The van der Waals surface area contributed by atoms with Gasteiger partial charge in [0.2, 0.25) is 0 Å². The van der Waals surface area contributed by atoms with E-state index in [1.54, 1.807) is 26.8 Å². The van der Waals surface area contributed by atoms with Crippen LogP contribution in [0.15, 0.2) is 18.2 Å². The third-order valence-corrected chi connectivity index (χ3v) is 6.51. The number of nitrogens with one attached hydrogen (secondary N) is 1. The summed E-state index contributed by atoms with van der Waals surface area (Å²) in [6, 6.07) is 3.03. The fourth-order valence-electron chi connectivity index (χ4n) is 4.78. The van der Waals surface area contributed by atoms with E-state index in [-0.39, 0.29) is 30.7 Å². The van der Waals surface area contributed by atoms with Gasteiger partial charge in [0.1, 0.15) is 24.0 Å². The van der Waals surface area contributed by atoms with E-state index in [2.05, 4.69) is 5.32 Å². The number of nitro benzene ring substituents is 1. The van der Waals surface area contributed by atoms with Crippen LogP contribution < -0.4 is 5.32 Å². The summed E-state index contributed by atoms with van der Waals surface area (Å²) in [5.41, 5.74) is 0.577. The minimum absolute atomic E-state index is 0.0384. The third-order valence-electron chi connectivity index (χ3n) is 6.51. The number of nitrogens with zero attached hydrogens (tertiary/aromatic N) is 2. The summed E-state index contributed by atoms with van der Waals surface area (Å²) in [5, 5.41) is 25.6. The lowest BCUT2D eigenvalue weighted by Gasteiger charge is -2.40. The van der Waals surface area contributed by atoms with Crippen molar-refractivity contribution < 1.29 is 29.1 Å². The lowest BCUT2D eigenvalue weighted by Crippen LogP contribution is -2.59. The summed E-state index contributed by atoms with van der Waals surface area (Å²) in [4.78, 5) is 38.3. The number of benzene rings is 1. The summed E-state index contributed by atoms with van der Waals surface area (Å²) in [6.45, 7) is 9.25. The summed E-state index contributed by atoms with van der Waals surface area (Å²) < 4.78 is 11.3. The Morgan fingerprint density at radius 3 is 2.47 bits per heavy atom. The molecule has 1 aliphatic heterocycles. The molecule has 3 atom stereocenters. The van der Waals surface area contributed by atoms with Crippen LogP contribution in [0.4, 0.5) is 10.5 Å². The first-order valence-electron chi connectivity index (χ1n) is 12.7. The van der Waals surface area contributed by atoms with Crippen LogP contribution in [0.1, 0.15) is 77.8 Å². The Labute approximate surface area is 212 Å². The van der Waals surface area contributed by atoms with Crippen LogP contribution in [0.5, 0.6) is 0 Å². The number of rotatable bonds is 8. The van der Waals surface area contributed by atoms with E-state index in [0.717, 1.165) is 31.2 Å². The molecular formula is C26H39N3O7. The molecule has 1 saturated carbocycles. The average Bonchev–Trinajstić information content (AvgIpc) is 3.28. The van der Waals surface area contributed by atoms with E-state index >= 15 is 0 Å². The number of aliphatic hydroxyl groups is 1. The fourth-order valence-corrected chi connectivity index (χ4v) is 4.78. The maximum atomic E-state index is 13.1. The van der Waals surface area contributed by atoms with Gasteiger partial charge in [-0.3, -0.25) is 25.1 Å². The Hall–Kier alpha value is -2.72. The summed E-state index contributed by atoms with van der Waals surface area (Å²) in [5.74, 6) is -0.231. The maximum absolute atomic E-state index is 13.1. The molecule has 3 rings (SSSR count). The second kappa shape index (κ2) is 11.6. The molecule has 0 bridgehead atoms. The molecule has 10 heteroatoms. The molecule has 1 aliphatic carbocycles. The number of aliphatic hydroxyl groups excluding tert-OH is 1. The Bertz CT molecular complexity index is 953. The highest BCUT2D eigenvalue weighted by atomic mass is 16.6. The van der Waals surface area contributed by atoms with E-state index in [1.807, 2.05) is 13.8 Å². The van der Waals surface area contributed by atoms with Gasteiger partial charge in [0.15, 0.2) is 0 Å². The average molecular weight is 506 g/mol. The van der Waals surface area contributed by atoms with Gasteiger partial charge in [-0.15, -0.1) is 0 Å². The molecule has 0 spiro atoms. The number of ether oxygens (including phenoxy) is 2. The Morgan fingerprint density at radius 2 is 1.89 bits per heavy atom. The highest BCUT2D eigenvalue weighted by molar-refractivity contribution is 5.76. The summed E-state index contributed by atoms with van der Waals surface area (Å²) >= 11 is 0. The molecule has 2 N–H and O–H groups in total. The normalized spacial score (nSPS) is 20.1. The van der Waals surface area contributed by atoms with Crippen LogP contribution in [-0.2, 0) is 27.2 Å². The van der Waals surface area contributed by atoms with Crippen molar-refractivity contribution in [2.24, 2.45) is 5.92 Å². The van der Waals surface area contributed by atoms with Gasteiger partial charge in [0.25, 0.3) is 5.69 Å². The van der Waals surface area contributed by atoms with Gasteiger partial charge in [0, 0.05) is 12.1 Å². The second-order valence-electron chi connectivity index (χ2n) is 11.2. The van der Waals surface area contributed by atoms with Crippen LogP contribution >= 0.6 is 0 Å². The maximum Gasteiger partial charge on any atom is 0.410 e. The molecule has 1 aromatic carbocycles. The Morgan fingerprint density at radius 1 is 1.22 bits per heavy atom. The number of nitro groups is 1. The zero-order valence-electron chi connectivity index (χ0n) is 21.9. The molecule has 36 heavy (non-hydrogen) atoms. The van der Waals surface area contributed by atoms with Crippen molar-refractivity contribution in [3.05, 3.63) is 39.4 Å². The Kier molecular flexibility index (Phi) is 8.94. The molecule has 1 fully saturated rings. The molecule has 1 amide bonds. The quantitative estimate of drug-likeness (QED) is 0.234. The van der Waals surface area contributed by atoms with Crippen molar-refractivity contribution in [2.45, 2.75) is 110 Å². The van der Waals surface area contributed by atoms with Gasteiger partial charge in [-0.1, -0.05) is 19.9 Å².